The molecule has 1 atom stereocenters. The third-order valence-electron chi connectivity index (χ3n) is 5.06. The molecule has 0 spiro atoms. The number of hydrogen-bond acceptors (Lipinski definition) is 4. The fourth-order valence-corrected chi connectivity index (χ4v) is 3.47. The van der Waals surface area contributed by atoms with Crippen LogP contribution in [0.1, 0.15) is 40.5 Å². The van der Waals surface area contributed by atoms with Crippen molar-refractivity contribution in [2.45, 2.75) is 25.8 Å². The summed E-state index contributed by atoms with van der Waals surface area (Å²) in [5.41, 5.74) is 4.33. The van der Waals surface area contributed by atoms with Crippen molar-refractivity contribution in [3.8, 4) is 5.69 Å². The van der Waals surface area contributed by atoms with Gasteiger partial charge in [-0.05, 0) is 63.7 Å². The summed E-state index contributed by atoms with van der Waals surface area (Å²) in [5, 5.41) is 11.5. The fourth-order valence-electron chi connectivity index (χ4n) is 3.47. The predicted octanol–water partition coefficient (Wildman–Crippen LogP) is 3.59. The van der Waals surface area contributed by atoms with Crippen LogP contribution in [0.3, 0.4) is 0 Å². The van der Waals surface area contributed by atoms with Gasteiger partial charge in [-0.25, -0.2) is 4.68 Å². The monoisotopic (exact) mass is 361 g/mol. The van der Waals surface area contributed by atoms with E-state index in [1.165, 1.54) is 6.42 Å². The van der Waals surface area contributed by atoms with E-state index in [2.05, 4.69) is 27.6 Å². The van der Waals surface area contributed by atoms with Crippen molar-refractivity contribution in [3.63, 3.8) is 0 Å². The van der Waals surface area contributed by atoms with Crippen molar-refractivity contribution in [2.75, 3.05) is 18.9 Å². The summed E-state index contributed by atoms with van der Waals surface area (Å²) >= 11 is 0. The highest BCUT2D eigenvalue weighted by Crippen LogP contribution is 2.29. The highest BCUT2D eigenvalue weighted by atomic mass is 16.1. The molecule has 0 saturated carbocycles. The molecule has 1 aliphatic rings. The molecule has 2 heterocycles. The summed E-state index contributed by atoms with van der Waals surface area (Å²) in [6.45, 7) is 3.11. The minimum Gasteiger partial charge on any atom is -0.322 e. The van der Waals surface area contributed by atoms with Crippen LogP contribution in [-0.2, 0) is 0 Å². The maximum atomic E-state index is 12.6. The van der Waals surface area contributed by atoms with E-state index >= 15 is 0 Å². The van der Waals surface area contributed by atoms with Crippen LogP contribution < -0.4 is 5.32 Å². The number of amides is 1. The number of carbonyl (C=O) groups is 1. The van der Waals surface area contributed by atoms with Crippen molar-refractivity contribution >= 4 is 11.6 Å². The number of benzene rings is 2. The highest BCUT2D eigenvalue weighted by molar-refractivity contribution is 6.04. The number of aromatic nitrogens is 3. The molecule has 1 N–H and O–H groups in total. The van der Waals surface area contributed by atoms with Crippen LogP contribution in [0.15, 0.2) is 54.7 Å². The summed E-state index contributed by atoms with van der Waals surface area (Å²) in [6.07, 6.45) is 4.25. The van der Waals surface area contributed by atoms with Gasteiger partial charge >= 0.3 is 0 Å². The Kier molecular flexibility index (Phi) is 4.73. The highest BCUT2D eigenvalue weighted by Gasteiger charge is 2.25. The largest absolute Gasteiger partial charge is 0.322 e. The number of anilines is 1. The Hall–Kier alpha value is -2.99. The Balaban J connectivity index is 1.53. The Morgan fingerprint density at radius 1 is 1.19 bits per heavy atom. The average Bonchev–Trinajstić information content (AvgIpc) is 3.32. The van der Waals surface area contributed by atoms with E-state index in [4.69, 9.17) is 0 Å². The molecule has 3 aromatic rings. The first-order valence-corrected chi connectivity index (χ1v) is 9.21. The van der Waals surface area contributed by atoms with Gasteiger partial charge in [0.2, 0.25) is 0 Å². The molecule has 6 heteroatoms. The Labute approximate surface area is 158 Å². The lowest BCUT2D eigenvalue weighted by atomic mass is 10.1. The molecule has 1 aromatic heterocycles. The van der Waals surface area contributed by atoms with Gasteiger partial charge in [0.25, 0.3) is 5.91 Å². The van der Waals surface area contributed by atoms with E-state index in [0.717, 1.165) is 35.6 Å². The van der Waals surface area contributed by atoms with Crippen molar-refractivity contribution in [2.24, 2.45) is 0 Å². The second-order valence-electron chi connectivity index (χ2n) is 7.10. The van der Waals surface area contributed by atoms with Crippen molar-refractivity contribution < 1.29 is 4.79 Å². The van der Waals surface area contributed by atoms with Crippen LogP contribution in [0, 0.1) is 6.92 Å². The third kappa shape index (κ3) is 3.75. The maximum absolute atomic E-state index is 12.6. The SMILES string of the molecule is Cc1ccc(NC(=O)c2cccc(-n3cc(C4CCCN4C)nn3)c2)cc1. The predicted molar refractivity (Wildman–Crippen MR) is 105 cm³/mol. The van der Waals surface area contributed by atoms with E-state index in [1.54, 1.807) is 10.7 Å². The molecular weight excluding hydrogens is 338 g/mol. The zero-order valence-electron chi connectivity index (χ0n) is 15.6. The van der Waals surface area contributed by atoms with E-state index < -0.39 is 0 Å². The molecule has 4 rings (SSSR count). The Bertz CT molecular complexity index is 947. The smallest absolute Gasteiger partial charge is 0.255 e. The van der Waals surface area contributed by atoms with Crippen LogP contribution in [0.5, 0.6) is 0 Å². The normalized spacial score (nSPS) is 17.2. The lowest BCUT2D eigenvalue weighted by molar-refractivity contribution is 0.102. The fraction of sp³-hybridized carbons (Fsp3) is 0.286. The van der Waals surface area contributed by atoms with Gasteiger partial charge in [0.05, 0.1) is 17.9 Å². The lowest BCUT2D eigenvalue weighted by Crippen LogP contribution is -2.17. The van der Waals surface area contributed by atoms with Crippen LogP contribution >= 0.6 is 0 Å². The minimum atomic E-state index is -0.142. The number of nitrogens with zero attached hydrogens (tertiary/aromatic N) is 4. The van der Waals surface area contributed by atoms with Gasteiger partial charge in [0.1, 0.15) is 5.69 Å². The Morgan fingerprint density at radius 2 is 2.00 bits per heavy atom. The molecule has 1 fully saturated rings. The zero-order chi connectivity index (χ0) is 18.8. The van der Waals surface area contributed by atoms with Gasteiger partial charge in [0.15, 0.2) is 0 Å². The number of hydrogen-bond donors (Lipinski definition) is 1. The van der Waals surface area contributed by atoms with Gasteiger partial charge in [-0.1, -0.05) is 29.0 Å². The van der Waals surface area contributed by atoms with Crippen molar-refractivity contribution in [3.05, 3.63) is 71.5 Å². The number of nitrogens with one attached hydrogen (secondary N) is 1. The van der Waals surface area contributed by atoms with Gasteiger partial charge < -0.3 is 5.32 Å². The second-order valence-corrected chi connectivity index (χ2v) is 7.10. The van der Waals surface area contributed by atoms with Crippen LogP contribution in [0.2, 0.25) is 0 Å². The molecule has 27 heavy (non-hydrogen) atoms. The molecule has 1 aliphatic heterocycles. The molecule has 6 nitrogen and oxygen atoms in total. The first-order chi connectivity index (χ1) is 13.1. The quantitative estimate of drug-likeness (QED) is 0.771. The summed E-state index contributed by atoms with van der Waals surface area (Å²) in [6, 6.07) is 15.5. The van der Waals surface area contributed by atoms with Crippen LogP contribution in [0.25, 0.3) is 5.69 Å². The first kappa shape index (κ1) is 17.4. The van der Waals surface area contributed by atoms with Gasteiger partial charge in [0, 0.05) is 11.3 Å². The maximum Gasteiger partial charge on any atom is 0.255 e. The van der Waals surface area contributed by atoms with E-state index in [9.17, 15) is 4.79 Å². The van der Waals surface area contributed by atoms with Crippen molar-refractivity contribution in [1.82, 2.24) is 19.9 Å². The average molecular weight is 361 g/mol. The molecule has 0 aliphatic carbocycles. The van der Waals surface area contributed by atoms with Crippen molar-refractivity contribution in [1.29, 1.82) is 0 Å². The van der Waals surface area contributed by atoms with Gasteiger partial charge in [-0.3, -0.25) is 9.69 Å². The summed E-state index contributed by atoms with van der Waals surface area (Å²) in [7, 11) is 2.12. The summed E-state index contributed by atoms with van der Waals surface area (Å²) in [4.78, 5) is 14.9. The second kappa shape index (κ2) is 7.32. The molecule has 0 bridgehead atoms. The van der Waals surface area contributed by atoms with Gasteiger partial charge in [-0.15, -0.1) is 5.10 Å². The van der Waals surface area contributed by atoms with E-state index in [1.807, 2.05) is 55.6 Å². The number of aryl methyl sites for hydroxylation is 1. The summed E-state index contributed by atoms with van der Waals surface area (Å²) < 4.78 is 1.74. The molecule has 2 aromatic carbocycles. The molecule has 0 radical (unpaired) electrons. The standard InChI is InChI=1S/C21H23N5O/c1-15-8-10-17(11-9-15)22-21(27)16-5-3-6-18(13-16)26-14-19(23-24-26)20-7-4-12-25(20)2/h3,5-6,8-11,13-14,20H,4,7,12H2,1-2H3,(H,22,27). The topological polar surface area (TPSA) is 63.1 Å². The van der Waals surface area contributed by atoms with E-state index in [0.29, 0.717) is 11.6 Å². The molecule has 138 valence electrons. The minimum absolute atomic E-state index is 0.142. The number of carbonyl (C=O) groups excluding carboxylic acids is 1. The van der Waals surface area contributed by atoms with Crippen LogP contribution in [-0.4, -0.2) is 39.4 Å². The number of rotatable bonds is 4. The zero-order valence-corrected chi connectivity index (χ0v) is 15.6. The first-order valence-electron chi connectivity index (χ1n) is 9.21. The van der Waals surface area contributed by atoms with Gasteiger partial charge in [-0.2, -0.15) is 0 Å². The lowest BCUT2D eigenvalue weighted by Gasteiger charge is -2.15. The van der Waals surface area contributed by atoms with Crippen LogP contribution in [0.4, 0.5) is 5.69 Å². The molecule has 1 amide bonds. The third-order valence-corrected chi connectivity index (χ3v) is 5.06. The molecule has 1 saturated heterocycles. The Morgan fingerprint density at radius 3 is 2.74 bits per heavy atom. The van der Waals surface area contributed by atoms with E-state index in [-0.39, 0.29) is 5.91 Å². The molecule has 1 unspecified atom stereocenters. The number of likely N-dealkylation sites (tertiary alicyclic amines) is 1. The molecular formula is C21H23N5O. The summed E-state index contributed by atoms with van der Waals surface area (Å²) in [5.74, 6) is -0.142.